The summed E-state index contributed by atoms with van der Waals surface area (Å²) in [7, 11) is 1.83. The largest absolute Gasteiger partial charge is 0.342 e. The van der Waals surface area contributed by atoms with Crippen LogP contribution in [0.25, 0.3) is 0 Å². The zero-order chi connectivity index (χ0) is 15.4. The summed E-state index contributed by atoms with van der Waals surface area (Å²) in [5.41, 5.74) is 0.663. The van der Waals surface area contributed by atoms with Crippen LogP contribution < -0.4 is 0 Å². The van der Waals surface area contributed by atoms with E-state index < -0.39 is 4.92 Å². The number of carbonyl (C=O) groups is 1. The average Bonchev–Trinajstić information content (AvgIpc) is 2.94. The first-order chi connectivity index (χ1) is 9.97. The van der Waals surface area contributed by atoms with E-state index in [0.29, 0.717) is 13.1 Å². The molecular formula is C14H18ClN3O3. The van der Waals surface area contributed by atoms with Crippen LogP contribution in [0.15, 0.2) is 18.2 Å². The average molecular weight is 312 g/mol. The predicted octanol–water partition coefficient (Wildman–Crippen LogP) is 2.30. The second kappa shape index (κ2) is 6.87. The van der Waals surface area contributed by atoms with Gasteiger partial charge in [0.05, 0.1) is 11.5 Å². The Bertz CT molecular complexity index is 544. The quantitative estimate of drug-likeness (QED) is 0.618. The maximum atomic E-state index is 12.0. The molecule has 0 spiro atoms. The van der Waals surface area contributed by atoms with Gasteiger partial charge in [0.15, 0.2) is 0 Å². The monoisotopic (exact) mass is 311 g/mol. The van der Waals surface area contributed by atoms with Crippen LogP contribution in [-0.2, 0) is 11.3 Å². The summed E-state index contributed by atoms with van der Waals surface area (Å²) in [5, 5.41) is 11.0. The lowest BCUT2D eigenvalue weighted by Gasteiger charge is -2.21. The molecule has 114 valence electrons. The third kappa shape index (κ3) is 4.15. The van der Waals surface area contributed by atoms with E-state index in [-0.39, 0.29) is 16.6 Å². The molecule has 2 rings (SSSR count). The van der Waals surface area contributed by atoms with Crippen LogP contribution in [0.4, 0.5) is 5.69 Å². The maximum absolute atomic E-state index is 12.0. The molecule has 7 heteroatoms. The minimum Gasteiger partial charge on any atom is -0.342 e. The predicted molar refractivity (Wildman–Crippen MR) is 80.3 cm³/mol. The van der Waals surface area contributed by atoms with Crippen LogP contribution in [0.2, 0.25) is 5.02 Å². The number of nitrogens with zero attached hydrogens (tertiary/aromatic N) is 3. The second-order valence-electron chi connectivity index (χ2n) is 5.30. The standard InChI is InChI=1S/C14H18ClN3O3/c1-16(10-14(19)17-6-2-3-7-17)9-11-4-5-12(15)13(8-11)18(20)21/h4-5,8H,2-3,6-7,9-10H2,1H3. The molecule has 1 amide bonds. The highest BCUT2D eigenvalue weighted by Gasteiger charge is 2.19. The molecule has 21 heavy (non-hydrogen) atoms. The van der Waals surface area contributed by atoms with E-state index in [1.165, 1.54) is 12.1 Å². The van der Waals surface area contributed by atoms with Gasteiger partial charge in [-0.15, -0.1) is 0 Å². The second-order valence-corrected chi connectivity index (χ2v) is 5.71. The number of halogens is 1. The Kier molecular flexibility index (Phi) is 5.14. The first-order valence-corrected chi connectivity index (χ1v) is 7.24. The number of rotatable bonds is 5. The molecule has 0 unspecified atom stereocenters. The highest BCUT2D eigenvalue weighted by molar-refractivity contribution is 6.32. The first-order valence-electron chi connectivity index (χ1n) is 6.86. The molecule has 6 nitrogen and oxygen atoms in total. The molecule has 1 fully saturated rings. The fraction of sp³-hybridized carbons (Fsp3) is 0.500. The highest BCUT2D eigenvalue weighted by Crippen LogP contribution is 2.25. The normalized spacial score (nSPS) is 14.7. The van der Waals surface area contributed by atoms with E-state index in [4.69, 9.17) is 11.6 Å². The summed E-state index contributed by atoms with van der Waals surface area (Å²) in [6.45, 7) is 2.45. The van der Waals surface area contributed by atoms with E-state index in [9.17, 15) is 14.9 Å². The lowest BCUT2D eigenvalue weighted by Crippen LogP contribution is -2.36. The van der Waals surface area contributed by atoms with Crippen molar-refractivity contribution in [3.8, 4) is 0 Å². The topological polar surface area (TPSA) is 66.7 Å². The van der Waals surface area contributed by atoms with E-state index in [0.717, 1.165) is 31.5 Å². The Morgan fingerprint density at radius 3 is 2.71 bits per heavy atom. The number of likely N-dealkylation sites (N-methyl/N-ethyl adjacent to an activating group) is 1. The van der Waals surface area contributed by atoms with Crippen molar-refractivity contribution in [1.29, 1.82) is 0 Å². The van der Waals surface area contributed by atoms with Gasteiger partial charge in [-0.2, -0.15) is 0 Å². The molecule has 0 N–H and O–H groups in total. The smallest absolute Gasteiger partial charge is 0.288 e. The van der Waals surface area contributed by atoms with Gasteiger partial charge in [0.25, 0.3) is 5.69 Å². The van der Waals surface area contributed by atoms with Crippen molar-refractivity contribution >= 4 is 23.2 Å². The van der Waals surface area contributed by atoms with Gasteiger partial charge in [0.1, 0.15) is 5.02 Å². The van der Waals surface area contributed by atoms with Gasteiger partial charge in [-0.05, 0) is 31.5 Å². The molecule has 1 aliphatic rings. The molecule has 0 saturated carbocycles. The number of nitro groups is 1. The molecule has 0 aliphatic carbocycles. The zero-order valence-corrected chi connectivity index (χ0v) is 12.7. The summed E-state index contributed by atoms with van der Waals surface area (Å²) in [5.74, 6) is 0.110. The van der Waals surface area contributed by atoms with Crippen LogP contribution >= 0.6 is 11.6 Å². The van der Waals surface area contributed by atoms with Crippen molar-refractivity contribution in [2.24, 2.45) is 0 Å². The zero-order valence-electron chi connectivity index (χ0n) is 11.9. The molecule has 0 atom stereocenters. The van der Waals surface area contributed by atoms with Gasteiger partial charge in [0.2, 0.25) is 5.91 Å². The Labute approximate surface area is 128 Å². The molecule has 1 aromatic carbocycles. The Balaban J connectivity index is 1.96. The summed E-state index contributed by atoms with van der Waals surface area (Å²) in [6.07, 6.45) is 2.14. The van der Waals surface area contributed by atoms with E-state index >= 15 is 0 Å². The first kappa shape index (κ1) is 15.7. The molecule has 0 bridgehead atoms. The van der Waals surface area contributed by atoms with Crippen LogP contribution in [-0.4, -0.2) is 47.3 Å². The molecule has 0 aromatic heterocycles. The fourth-order valence-corrected chi connectivity index (χ4v) is 2.65. The summed E-state index contributed by atoms with van der Waals surface area (Å²) < 4.78 is 0. The third-order valence-electron chi connectivity index (χ3n) is 3.52. The van der Waals surface area contributed by atoms with Crippen molar-refractivity contribution in [3.05, 3.63) is 38.9 Å². The number of carbonyl (C=O) groups excluding carboxylic acids is 1. The maximum Gasteiger partial charge on any atom is 0.288 e. The van der Waals surface area contributed by atoms with E-state index in [2.05, 4.69) is 0 Å². The van der Waals surface area contributed by atoms with Crippen molar-refractivity contribution in [3.63, 3.8) is 0 Å². The third-order valence-corrected chi connectivity index (χ3v) is 3.84. The number of benzene rings is 1. The van der Waals surface area contributed by atoms with Crippen LogP contribution in [0.1, 0.15) is 18.4 Å². The van der Waals surface area contributed by atoms with E-state index in [1.54, 1.807) is 6.07 Å². The molecule has 1 heterocycles. The van der Waals surface area contributed by atoms with Crippen LogP contribution in [0.5, 0.6) is 0 Å². The number of nitro benzene ring substituents is 1. The molecule has 1 aromatic rings. The number of likely N-dealkylation sites (tertiary alicyclic amines) is 1. The minimum atomic E-state index is -0.499. The van der Waals surface area contributed by atoms with Crippen molar-refractivity contribution in [2.45, 2.75) is 19.4 Å². The fourth-order valence-electron chi connectivity index (χ4n) is 2.46. The Morgan fingerprint density at radius 1 is 1.43 bits per heavy atom. The number of hydrogen-bond donors (Lipinski definition) is 0. The van der Waals surface area contributed by atoms with Gasteiger partial charge in [-0.3, -0.25) is 19.8 Å². The summed E-state index contributed by atoms with van der Waals surface area (Å²) >= 11 is 5.78. The molecule has 0 radical (unpaired) electrons. The molecule has 1 saturated heterocycles. The van der Waals surface area contributed by atoms with E-state index in [1.807, 2.05) is 16.8 Å². The molecule has 1 aliphatic heterocycles. The number of amides is 1. The van der Waals surface area contributed by atoms with Gasteiger partial charge in [0, 0.05) is 25.7 Å². The van der Waals surface area contributed by atoms with Gasteiger partial charge in [-0.25, -0.2) is 0 Å². The van der Waals surface area contributed by atoms with Crippen molar-refractivity contribution < 1.29 is 9.72 Å². The highest BCUT2D eigenvalue weighted by atomic mass is 35.5. The van der Waals surface area contributed by atoms with Crippen molar-refractivity contribution in [1.82, 2.24) is 9.80 Å². The van der Waals surface area contributed by atoms with Gasteiger partial charge < -0.3 is 4.90 Å². The number of hydrogen-bond acceptors (Lipinski definition) is 4. The lowest BCUT2D eigenvalue weighted by molar-refractivity contribution is -0.384. The van der Waals surface area contributed by atoms with Gasteiger partial charge in [-0.1, -0.05) is 17.7 Å². The summed E-state index contributed by atoms with van der Waals surface area (Å²) in [4.78, 5) is 26.1. The summed E-state index contributed by atoms with van der Waals surface area (Å²) in [6, 6.07) is 4.72. The van der Waals surface area contributed by atoms with Crippen LogP contribution in [0.3, 0.4) is 0 Å². The molecular weight excluding hydrogens is 294 g/mol. The Hall–Kier alpha value is -1.66. The van der Waals surface area contributed by atoms with Crippen molar-refractivity contribution in [2.75, 3.05) is 26.7 Å². The minimum absolute atomic E-state index is 0.103. The Morgan fingerprint density at radius 2 is 2.10 bits per heavy atom. The SMILES string of the molecule is CN(CC(=O)N1CCCC1)Cc1ccc(Cl)c([N+](=O)[O-])c1. The lowest BCUT2D eigenvalue weighted by atomic mass is 10.2. The van der Waals surface area contributed by atoms with Crippen LogP contribution in [0, 0.1) is 10.1 Å². The van der Waals surface area contributed by atoms with Gasteiger partial charge >= 0.3 is 0 Å².